The zero-order chi connectivity index (χ0) is 44.2. The average molecular weight is 853 g/mol. The summed E-state index contributed by atoms with van der Waals surface area (Å²) in [7, 11) is 5.96. The first-order valence-electron chi connectivity index (χ1n) is 25.4. The second-order valence-corrected chi connectivity index (χ2v) is 18.5. The molecule has 0 bridgehead atoms. The molecule has 354 valence electrons. The van der Waals surface area contributed by atoms with E-state index in [0.29, 0.717) is 23.9 Å². The molecule has 9 heteroatoms. The number of hydrogen-bond donors (Lipinski definition) is 1. The Balaban J connectivity index is 4.32. The van der Waals surface area contributed by atoms with Crippen LogP contribution in [0, 0.1) is 0 Å². The number of carboxylic acids is 1. The molecule has 0 aromatic heterocycles. The van der Waals surface area contributed by atoms with Crippen molar-refractivity contribution in [2.45, 2.75) is 251 Å². The van der Waals surface area contributed by atoms with E-state index in [1.54, 1.807) is 0 Å². The Labute approximate surface area is 370 Å². The average Bonchev–Trinajstić information content (AvgIpc) is 3.21. The number of unbranched alkanes of at least 4 members (excludes halogenated alkanes) is 30. The number of carbonyl (C=O) groups is 3. The lowest BCUT2D eigenvalue weighted by Crippen LogP contribution is -2.40. The summed E-state index contributed by atoms with van der Waals surface area (Å²) in [5.74, 6) is -2.00. The highest BCUT2D eigenvalue weighted by atomic mass is 16.7. The van der Waals surface area contributed by atoms with Crippen LogP contribution in [0.15, 0.2) is 12.2 Å². The van der Waals surface area contributed by atoms with Crippen LogP contribution in [0.3, 0.4) is 0 Å². The van der Waals surface area contributed by atoms with Crippen molar-refractivity contribution in [3.63, 3.8) is 0 Å². The number of rotatable bonds is 47. The van der Waals surface area contributed by atoms with Crippen molar-refractivity contribution in [3.8, 4) is 0 Å². The number of likely N-dealkylation sites (N-methyl/N-ethyl adjacent to an activating group) is 1. The number of esters is 2. The monoisotopic (exact) mass is 853 g/mol. The van der Waals surface area contributed by atoms with Gasteiger partial charge in [0, 0.05) is 12.8 Å². The van der Waals surface area contributed by atoms with Crippen molar-refractivity contribution < 1.29 is 42.9 Å². The van der Waals surface area contributed by atoms with Gasteiger partial charge in [0.2, 0.25) is 0 Å². The minimum Gasteiger partial charge on any atom is -0.477 e. The van der Waals surface area contributed by atoms with Gasteiger partial charge in [-0.2, -0.15) is 0 Å². The molecule has 0 fully saturated rings. The Morgan fingerprint density at radius 2 is 0.850 bits per heavy atom. The molecule has 0 aliphatic heterocycles. The quantitative estimate of drug-likeness (QED) is 0.0212. The highest BCUT2D eigenvalue weighted by molar-refractivity contribution is 5.71. The molecule has 0 heterocycles. The third-order valence-corrected chi connectivity index (χ3v) is 11.3. The molecule has 0 aliphatic rings. The molecule has 0 amide bonds. The fraction of sp³-hybridized carbons (Fsp3) is 0.902. The van der Waals surface area contributed by atoms with Crippen LogP contribution in [0.2, 0.25) is 0 Å². The van der Waals surface area contributed by atoms with Crippen LogP contribution in [0.1, 0.15) is 239 Å². The third-order valence-electron chi connectivity index (χ3n) is 11.3. The summed E-state index contributed by atoms with van der Waals surface area (Å²) >= 11 is 0. The van der Waals surface area contributed by atoms with Gasteiger partial charge in [0.1, 0.15) is 13.2 Å². The molecule has 0 saturated heterocycles. The fourth-order valence-electron chi connectivity index (χ4n) is 7.30. The van der Waals surface area contributed by atoms with Crippen LogP contribution in [0.25, 0.3) is 0 Å². The molecule has 2 atom stereocenters. The standard InChI is InChI=1S/C51H97NO8/c1-6-8-10-12-14-16-18-20-22-24-25-26-28-29-31-33-35-37-39-41-48(53)58-45-47(46-59-51(50(55)56)57-44-43-52(3,4)5)60-49(54)42-40-38-36-34-32-30-27-23-21-19-17-15-13-11-9-7-2/h23,27,47,51H,6-22,24-26,28-46H2,1-5H3/p+1/b27-23-. The highest BCUT2D eigenvalue weighted by Gasteiger charge is 2.25. The lowest BCUT2D eigenvalue weighted by molar-refractivity contribution is -0.870. The van der Waals surface area contributed by atoms with Gasteiger partial charge in [0.25, 0.3) is 6.29 Å². The first-order valence-corrected chi connectivity index (χ1v) is 25.4. The maximum absolute atomic E-state index is 12.8. The summed E-state index contributed by atoms with van der Waals surface area (Å²) in [6.45, 7) is 4.90. The normalized spacial score (nSPS) is 12.9. The number of nitrogens with zero attached hydrogens (tertiary/aromatic N) is 1. The number of hydrogen-bond acceptors (Lipinski definition) is 7. The second-order valence-electron chi connectivity index (χ2n) is 18.5. The summed E-state index contributed by atoms with van der Waals surface area (Å²) in [4.78, 5) is 37.2. The Morgan fingerprint density at radius 3 is 1.23 bits per heavy atom. The molecule has 0 aliphatic carbocycles. The molecule has 1 N–H and O–H groups in total. The van der Waals surface area contributed by atoms with Crippen molar-refractivity contribution in [1.29, 1.82) is 0 Å². The van der Waals surface area contributed by atoms with Gasteiger partial charge in [-0.25, -0.2) is 4.79 Å². The molecule has 0 spiro atoms. The predicted molar refractivity (Wildman–Crippen MR) is 249 cm³/mol. The van der Waals surface area contributed by atoms with Crippen molar-refractivity contribution in [2.75, 3.05) is 47.5 Å². The SMILES string of the molecule is CCCCCCCCC/C=C\CCCCCCCC(=O)OC(COC(=O)CCCCCCCCCCCCCCCCCCCCC)COC(OCC[N+](C)(C)C)C(=O)O. The van der Waals surface area contributed by atoms with Crippen molar-refractivity contribution in [3.05, 3.63) is 12.2 Å². The molecule has 0 rings (SSSR count). The van der Waals surface area contributed by atoms with E-state index < -0.39 is 24.3 Å². The lowest BCUT2D eigenvalue weighted by Gasteiger charge is -2.25. The fourth-order valence-corrected chi connectivity index (χ4v) is 7.30. The molecule has 0 saturated carbocycles. The van der Waals surface area contributed by atoms with Crippen LogP contribution in [0.4, 0.5) is 0 Å². The summed E-state index contributed by atoms with van der Waals surface area (Å²) in [5.41, 5.74) is 0. The lowest BCUT2D eigenvalue weighted by atomic mass is 10.0. The van der Waals surface area contributed by atoms with E-state index >= 15 is 0 Å². The van der Waals surface area contributed by atoms with E-state index in [-0.39, 0.29) is 32.2 Å². The van der Waals surface area contributed by atoms with Crippen molar-refractivity contribution in [1.82, 2.24) is 0 Å². The van der Waals surface area contributed by atoms with Gasteiger partial charge in [0.15, 0.2) is 6.10 Å². The Hall–Kier alpha value is -1.97. The molecule has 60 heavy (non-hydrogen) atoms. The molecular weight excluding hydrogens is 755 g/mol. The number of quaternary nitrogens is 1. The highest BCUT2D eigenvalue weighted by Crippen LogP contribution is 2.16. The first-order chi connectivity index (χ1) is 29.1. The van der Waals surface area contributed by atoms with Crippen LogP contribution >= 0.6 is 0 Å². The maximum atomic E-state index is 12.8. The minimum absolute atomic E-state index is 0.179. The Kier molecular flexibility index (Phi) is 42.2. The topological polar surface area (TPSA) is 108 Å². The van der Waals surface area contributed by atoms with Crippen LogP contribution < -0.4 is 0 Å². The molecule has 0 radical (unpaired) electrons. The summed E-state index contributed by atoms with van der Waals surface area (Å²) < 4.78 is 22.8. The van der Waals surface area contributed by atoms with Gasteiger partial charge in [-0.1, -0.05) is 199 Å². The van der Waals surface area contributed by atoms with E-state index in [9.17, 15) is 19.5 Å². The van der Waals surface area contributed by atoms with E-state index in [4.69, 9.17) is 18.9 Å². The molecule has 0 aromatic rings. The van der Waals surface area contributed by atoms with Crippen molar-refractivity contribution >= 4 is 17.9 Å². The summed E-state index contributed by atoms with van der Waals surface area (Å²) in [5, 5.41) is 9.66. The van der Waals surface area contributed by atoms with E-state index in [2.05, 4.69) is 26.0 Å². The van der Waals surface area contributed by atoms with Gasteiger partial charge >= 0.3 is 17.9 Å². The van der Waals surface area contributed by atoms with Gasteiger partial charge < -0.3 is 28.5 Å². The summed E-state index contributed by atoms with van der Waals surface area (Å²) in [6.07, 6.45) is 44.1. The zero-order valence-corrected chi connectivity index (χ0v) is 40.1. The van der Waals surface area contributed by atoms with Gasteiger partial charge in [-0.05, 0) is 38.5 Å². The van der Waals surface area contributed by atoms with E-state index in [1.807, 2.05) is 21.1 Å². The molecule has 0 aromatic carbocycles. The predicted octanol–water partition coefficient (Wildman–Crippen LogP) is 13.8. The number of aliphatic carboxylic acids is 1. The van der Waals surface area contributed by atoms with Crippen LogP contribution in [0.5, 0.6) is 0 Å². The van der Waals surface area contributed by atoms with Crippen LogP contribution in [-0.2, 0) is 33.3 Å². The number of carboxylic acid groups (broad SMARTS) is 1. The molecule has 9 nitrogen and oxygen atoms in total. The van der Waals surface area contributed by atoms with Gasteiger partial charge in [-0.15, -0.1) is 0 Å². The zero-order valence-electron chi connectivity index (χ0n) is 40.1. The van der Waals surface area contributed by atoms with E-state index in [1.165, 1.54) is 154 Å². The molecular formula is C51H98NO8+. The minimum atomic E-state index is -1.51. The van der Waals surface area contributed by atoms with Crippen molar-refractivity contribution in [2.24, 2.45) is 0 Å². The number of allylic oxidation sites excluding steroid dienone is 2. The second kappa shape index (κ2) is 43.7. The van der Waals surface area contributed by atoms with Crippen LogP contribution in [-0.4, -0.2) is 87.4 Å². The molecule has 2 unspecified atom stereocenters. The third kappa shape index (κ3) is 44.1. The largest absolute Gasteiger partial charge is 0.477 e. The smallest absolute Gasteiger partial charge is 0.361 e. The number of ether oxygens (including phenoxy) is 4. The van der Waals surface area contributed by atoms with E-state index in [0.717, 1.165) is 51.4 Å². The van der Waals surface area contributed by atoms with Gasteiger partial charge in [-0.3, -0.25) is 9.59 Å². The van der Waals surface area contributed by atoms with Gasteiger partial charge in [0.05, 0.1) is 34.4 Å². The Bertz CT molecular complexity index is 996. The maximum Gasteiger partial charge on any atom is 0.361 e. The number of carbonyl (C=O) groups excluding carboxylic acids is 2. The first kappa shape index (κ1) is 58.0. The Morgan fingerprint density at radius 1 is 0.483 bits per heavy atom. The summed E-state index contributed by atoms with van der Waals surface area (Å²) in [6, 6.07) is 0.